The van der Waals surface area contributed by atoms with Crippen molar-refractivity contribution in [3.8, 4) is 0 Å². The smallest absolute Gasteiger partial charge is 0.244 e. The van der Waals surface area contributed by atoms with Crippen molar-refractivity contribution in [1.82, 2.24) is 10.2 Å². The van der Waals surface area contributed by atoms with E-state index in [2.05, 4.69) is 5.32 Å². The van der Waals surface area contributed by atoms with E-state index in [-0.39, 0.29) is 18.5 Å². The van der Waals surface area contributed by atoms with Crippen LogP contribution in [0, 0.1) is 0 Å². The summed E-state index contributed by atoms with van der Waals surface area (Å²) in [6.07, 6.45) is 6.16. The Hall–Kier alpha value is -2.29. The van der Waals surface area contributed by atoms with Gasteiger partial charge in [-0.05, 0) is 61.7 Å². The number of carbonyl (C=O) groups excluding carboxylic acids is 2. The molecule has 2 aromatic carbocycles. The van der Waals surface area contributed by atoms with Gasteiger partial charge in [0, 0.05) is 22.6 Å². The lowest BCUT2D eigenvalue weighted by Gasteiger charge is -2.33. The molecule has 10 heteroatoms. The molecule has 3 rings (SSSR count). The van der Waals surface area contributed by atoms with E-state index in [1.807, 2.05) is 6.07 Å². The first-order valence-corrected chi connectivity index (χ1v) is 14.2. The lowest BCUT2D eigenvalue weighted by Crippen LogP contribution is -2.52. The summed E-state index contributed by atoms with van der Waals surface area (Å²) < 4.78 is 26.2. The Morgan fingerprint density at radius 1 is 1.03 bits per heavy atom. The van der Waals surface area contributed by atoms with E-state index in [9.17, 15) is 18.0 Å². The van der Waals surface area contributed by atoms with Crippen molar-refractivity contribution in [2.24, 2.45) is 0 Å². The van der Waals surface area contributed by atoms with Crippen LogP contribution >= 0.6 is 23.2 Å². The van der Waals surface area contributed by atoms with Gasteiger partial charge in [-0.3, -0.25) is 13.9 Å². The SMILES string of the molecule is CC(C(=O)NC1CCCCC1)N(Cc1cccc(Cl)c1)C(=O)CN(c1ccc(Cl)cc1)S(C)(=O)=O. The zero-order valence-electron chi connectivity index (χ0n) is 19.9. The zero-order chi connectivity index (χ0) is 25.6. The fraction of sp³-hybridized carbons (Fsp3) is 0.440. The van der Waals surface area contributed by atoms with Gasteiger partial charge in [-0.1, -0.05) is 54.6 Å². The molecule has 0 saturated heterocycles. The number of hydrogen-bond donors (Lipinski definition) is 1. The lowest BCUT2D eigenvalue weighted by molar-refractivity contribution is -0.139. The van der Waals surface area contributed by atoms with Crippen LogP contribution < -0.4 is 9.62 Å². The molecule has 2 aromatic rings. The Balaban J connectivity index is 1.86. The molecule has 35 heavy (non-hydrogen) atoms. The third-order valence-electron chi connectivity index (χ3n) is 6.15. The normalized spacial score (nSPS) is 15.3. The van der Waals surface area contributed by atoms with Crippen molar-refractivity contribution in [3.05, 3.63) is 64.1 Å². The highest BCUT2D eigenvalue weighted by molar-refractivity contribution is 7.92. The Bertz CT molecular complexity index is 1140. The molecular formula is C25H31Cl2N3O4S. The number of hydrogen-bond acceptors (Lipinski definition) is 4. The minimum absolute atomic E-state index is 0.0865. The first-order chi connectivity index (χ1) is 16.5. The number of rotatable bonds is 9. The number of benzene rings is 2. The molecule has 0 bridgehead atoms. The molecule has 190 valence electrons. The highest BCUT2D eigenvalue weighted by Gasteiger charge is 2.31. The maximum Gasteiger partial charge on any atom is 0.244 e. The molecule has 1 saturated carbocycles. The molecule has 1 aliphatic carbocycles. The summed E-state index contributed by atoms with van der Waals surface area (Å²) in [6.45, 7) is 1.31. The molecule has 1 N–H and O–H groups in total. The van der Waals surface area contributed by atoms with Crippen molar-refractivity contribution < 1.29 is 18.0 Å². The van der Waals surface area contributed by atoms with E-state index in [0.717, 1.165) is 48.2 Å². The molecule has 1 fully saturated rings. The summed E-state index contributed by atoms with van der Waals surface area (Å²) in [6, 6.07) is 12.5. The van der Waals surface area contributed by atoms with Crippen LogP contribution in [0.5, 0.6) is 0 Å². The van der Waals surface area contributed by atoms with Crippen LogP contribution in [0.25, 0.3) is 0 Å². The second-order valence-corrected chi connectivity index (χ2v) is 11.7. The van der Waals surface area contributed by atoms with E-state index in [1.54, 1.807) is 37.3 Å². The minimum Gasteiger partial charge on any atom is -0.352 e. The second kappa shape index (κ2) is 12.1. The summed E-state index contributed by atoms with van der Waals surface area (Å²) in [5, 5.41) is 4.02. The number of halogens is 2. The van der Waals surface area contributed by atoms with Gasteiger partial charge in [-0.2, -0.15) is 0 Å². The van der Waals surface area contributed by atoms with Gasteiger partial charge < -0.3 is 10.2 Å². The predicted molar refractivity (Wildman–Crippen MR) is 140 cm³/mol. The third kappa shape index (κ3) is 7.85. The van der Waals surface area contributed by atoms with Crippen molar-refractivity contribution in [2.45, 2.75) is 57.7 Å². The van der Waals surface area contributed by atoms with Gasteiger partial charge in [0.1, 0.15) is 12.6 Å². The number of nitrogens with one attached hydrogen (secondary N) is 1. The number of nitrogens with zero attached hydrogens (tertiary/aromatic N) is 2. The standard InChI is InChI=1S/C25H31Cl2N3O4S/c1-18(25(32)28-22-9-4-3-5-10-22)29(16-19-7-6-8-21(27)15-19)24(31)17-30(35(2,33)34)23-13-11-20(26)12-14-23/h6-8,11-15,18,22H,3-5,9-10,16-17H2,1-2H3,(H,28,32). The average Bonchev–Trinajstić information content (AvgIpc) is 2.81. The van der Waals surface area contributed by atoms with Crippen molar-refractivity contribution in [2.75, 3.05) is 17.1 Å². The first kappa shape index (κ1) is 27.3. The van der Waals surface area contributed by atoms with Gasteiger partial charge >= 0.3 is 0 Å². The molecule has 7 nitrogen and oxygen atoms in total. The topological polar surface area (TPSA) is 86.8 Å². The molecule has 2 amide bonds. The number of amides is 2. The van der Waals surface area contributed by atoms with Crippen molar-refractivity contribution >= 4 is 50.7 Å². The maximum absolute atomic E-state index is 13.5. The quantitative estimate of drug-likeness (QED) is 0.503. The van der Waals surface area contributed by atoms with Gasteiger partial charge in [-0.15, -0.1) is 0 Å². The van der Waals surface area contributed by atoms with Crippen LogP contribution in [0.3, 0.4) is 0 Å². The largest absolute Gasteiger partial charge is 0.352 e. The van der Waals surface area contributed by atoms with E-state index in [1.165, 1.54) is 17.0 Å². The van der Waals surface area contributed by atoms with Gasteiger partial charge in [0.05, 0.1) is 11.9 Å². The molecule has 0 radical (unpaired) electrons. The summed E-state index contributed by atoms with van der Waals surface area (Å²) in [7, 11) is -3.79. The van der Waals surface area contributed by atoms with Crippen LogP contribution in [0.4, 0.5) is 5.69 Å². The van der Waals surface area contributed by atoms with Crippen LogP contribution in [0.15, 0.2) is 48.5 Å². The molecule has 1 atom stereocenters. The molecular weight excluding hydrogens is 509 g/mol. The molecule has 0 aliphatic heterocycles. The third-order valence-corrected chi connectivity index (χ3v) is 7.78. The molecule has 0 aromatic heterocycles. The number of sulfonamides is 1. The highest BCUT2D eigenvalue weighted by Crippen LogP contribution is 2.22. The zero-order valence-corrected chi connectivity index (χ0v) is 22.2. The molecule has 1 aliphatic rings. The van der Waals surface area contributed by atoms with Crippen molar-refractivity contribution in [3.63, 3.8) is 0 Å². The fourth-order valence-corrected chi connectivity index (χ4v) is 5.39. The summed E-state index contributed by atoms with van der Waals surface area (Å²) in [4.78, 5) is 28.1. The van der Waals surface area contributed by atoms with E-state index in [4.69, 9.17) is 23.2 Å². The highest BCUT2D eigenvalue weighted by atomic mass is 35.5. The van der Waals surface area contributed by atoms with E-state index >= 15 is 0 Å². The van der Waals surface area contributed by atoms with Gasteiger partial charge in [0.25, 0.3) is 0 Å². The van der Waals surface area contributed by atoms with Crippen LogP contribution in [0.2, 0.25) is 10.0 Å². The number of anilines is 1. The van der Waals surface area contributed by atoms with E-state index < -0.39 is 28.5 Å². The average molecular weight is 541 g/mol. The van der Waals surface area contributed by atoms with Gasteiger partial charge in [0.2, 0.25) is 21.8 Å². The van der Waals surface area contributed by atoms with Crippen LogP contribution in [-0.4, -0.2) is 50.0 Å². The van der Waals surface area contributed by atoms with E-state index in [0.29, 0.717) is 15.7 Å². The van der Waals surface area contributed by atoms with Crippen molar-refractivity contribution in [1.29, 1.82) is 0 Å². The Labute approximate surface area is 217 Å². The summed E-state index contributed by atoms with van der Waals surface area (Å²) in [5.41, 5.74) is 1.05. The fourth-order valence-electron chi connectivity index (χ4n) is 4.20. The maximum atomic E-state index is 13.5. The first-order valence-electron chi connectivity index (χ1n) is 11.6. The van der Waals surface area contributed by atoms with Gasteiger partial charge in [-0.25, -0.2) is 8.42 Å². The molecule has 0 spiro atoms. The monoisotopic (exact) mass is 539 g/mol. The van der Waals surface area contributed by atoms with Crippen LogP contribution in [-0.2, 0) is 26.2 Å². The Morgan fingerprint density at radius 2 is 1.69 bits per heavy atom. The molecule has 0 heterocycles. The summed E-state index contributed by atoms with van der Waals surface area (Å²) >= 11 is 12.1. The summed E-state index contributed by atoms with van der Waals surface area (Å²) in [5.74, 6) is -0.763. The Kier molecular flexibility index (Phi) is 9.44. The van der Waals surface area contributed by atoms with Gasteiger partial charge in [0.15, 0.2) is 0 Å². The Morgan fingerprint density at radius 3 is 2.29 bits per heavy atom. The second-order valence-electron chi connectivity index (χ2n) is 8.92. The van der Waals surface area contributed by atoms with Crippen LogP contribution in [0.1, 0.15) is 44.6 Å². The molecule has 1 unspecified atom stereocenters. The predicted octanol–water partition coefficient (Wildman–Crippen LogP) is 4.63. The minimum atomic E-state index is -3.79. The number of carbonyl (C=O) groups is 2. The lowest BCUT2D eigenvalue weighted by atomic mass is 9.95.